The molecular formula is C11H19NO. The zero-order chi connectivity index (χ0) is 9.47. The largest absolute Gasteiger partial charge is 0.299 e. The predicted molar refractivity (Wildman–Crippen MR) is 52.6 cm³/mol. The summed E-state index contributed by atoms with van der Waals surface area (Å²) in [4.78, 5) is 13.9. The molecule has 1 heterocycles. The van der Waals surface area contributed by atoms with E-state index in [-0.39, 0.29) is 5.92 Å². The fourth-order valence-electron chi connectivity index (χ4n) is 2.51. The Morgan fingerprint density at radius 2 is 2.15 bits per heavy atom. The molecule has 0 spiro atoms. The quantitative estimate of drug-likeness (QED) is 0.615. The first-order valence-corrected chi connectivity index (χ1v) is 5.40. The second kappa shape index (κ2) is 3.09. The van der Waals surface area contributed by atoms with Gasteiger partial charge in [0.15, 0.2) is 0 Å². The lowest BCUT2D eigenvalue weighted by Gasteiger charge is -2.50. The summed E-state index contributed by atoms with van der Waals surface area (Å²) in [6.07, 6.45) is 4.80. The number of carbonyl (C=O) groups excluding carboxylic acids is 1. The molecule has 0 amide bonds. The second-order valence-corrected chi connectivity index (χ2v) is 4.91. The zero-order valence-electron chi connectivity index (χ0n) is 8.68. The first-order valence-electron chi connectivity index (χ1n) is 5.40. The molecule has 1 aliphatic heterocycles. The van der Waals surface area contributed by atoms with Crippen LogP contribution in [0, 0.1) is 5.92 Å². The van der Waals surface area contributed by atoms with Crippen LogP contribution in [0.1, 0.15) is 39.5 Å². The maximum atomic E-state index is 11.3. The van der Waals surface area contributed by atoms with E-state index in [0.717, 1.165) is 19.5 Å². The molecule has 74 valence electrons. The number of nitrogens with zero attached hydrogens (tertiary/aromatic N) is 1. The van der Waals surface area contributed by atoms with E-state index in [2.05, 4.69) is 18.7 Å². The molecule has 1 saturated carbocycles. The van der Waals surface area contributed by atoms with Crippen LogP contribution in [0.25, 0.3) is 0 Å². The van der Waals surface area contributed by atoms with E-state index in [1.54, 1.807) is 0 Å². The van der Waals surface area contributed by atoms with Gasteiger partial charge in [-0.1, -0.05) is 6.92 Å². The number of carbonyl (C=O) groups is 1. The molecule has 0 radical (unpaired) electrons. The Labute approximate surface area is 80.3 Å². The first kappa shape index (κ1) is 9.20. The minimum Gasteiger partial charge on any atom is -0.299 e. The van der Waals surface area contributed by atoms with Gasteiger partial charge >= 0.3 is 0 Å². The van der Waals surface area contributed by atoms with Crippen LogP contribution in [-0.4, -0.2) is 29.3 Å². The van der Waals surface area contributed by atoms with Crippen molar-refractivity contribution in [1.29, 1.82) is 0 Å². The first-order chi connectivity index (χ1) is 6.12. The van der Waals surface area contributed by atoms with Crippen LogP contribution in [0.15, 0.2) is 0 Å². The average Bonchev–Trinajstić information content (AvgIpc) is 2.06. The van der Waals surface area contributed by atoms with Crippen molar-refractivity contribution in [2.45, 2.75) is 45.1 Å². The summed E-state index contributed by atoms with van der Waals surface area (Å²) in [7, 11) is 0. The Morgan fingerprint density at radius 1 is 1.46 bits per heavy atom. The molecule has 0 aromatic rings. The van der Waals surface area contributed by atoms with E-state index in [0.29, 0.717) is 11.3 Å². The van der Waals surface area contributed by atoms with E-state index in [4.69, 9.17) is 0 Å². The van der Waals surface area contributed by atoms with Crippen molar-refractivity contribution in [3.63, 3.8) is 0 Å². The van der Waals surface area contributed by atoms with Gasteiger partial charge in [0.25, 0.3) is 0 Å². The highest BCUT2D eigenvalue weighted by molar-refractivity contribution is 5.81. The molecule has 0 N–H and O–H groups in total. The van der Waals surface area contributed by atoms with Crippen LogP contribution >= 0.6 is 0 Å². The summed E-state index contributed by atoms with van der Waals surface area (Å²) in [6.45, 7) is 6.41. The number of Topliss-reactive ketones (excluding diaryl/α,β-unsaturated/α-hetero) is 1. The van der Waals surface area contributed by atoms with Crippen LogP contribution in [0.2, 0.25) is 0 Å². The summed E-state index contributed by atoms with van der Waals surface area (Å²) in [5.74, 6) is 0.727. The topological polar surface area (TPSA) is 20.3 Å². The fourth-order valence-corrected chi connectivity index (χ4v) is 2.51. The van der Waals surface area contributed by atoms with E-state index < -0.39 is 0 Å². The van der Waals surface area contributed by atoms with Gasteiger partial charge in [-0.2, -0.15) is 0 Å². The van der Waals surface area contributed by atoms with E-state index >= 15 is 0 Å². The molecule has 0 aromatic heterocycles. The number of piperidine rings is 1. The van der Waals surface area contributed by atoms with Crippen molar-refractivity contribution in [3.05, 3.63) is 0 Å². The molecule has 1 unspecified atom stereocenters. The molecule has 1 aliphatic carbocycles. The van der Waals surface area contributed by atoms with E-state index in [1.807, 2.05) is 0 Å². The Hall–Kier alpha value is -0.370. The van der Waals surface area contributed by atoms with Gasteiger partial charge < -0.3 is 0 Å². The van der Waals surface area contributed by atoms with Crippen molar-refractivity contribution in [2.24, 2.45) is 5.92 Å². The molecule has 2 fully saturated rings. The molecule has 2 aliphatic rings. The molecular weight excluding hydrogens is 162 g/mol. The smallest absolute Gasteiger partial charge is 0.138 e. The van der Waals surface area contributed by atoms with Gasteiger partial charge in [0, 0.05) is 31.0 Å². The van der Waals surface area contributed by atoms with Crippen LogP contribution in [0.3, 0.4) is 0 Å². The lowest BCUT2D eigenvalue weighted by atomic mass is 9.75. The Bertz CT molecular complexity index is 220. The van der Waals surface area contributed by atoms with Gasteiger partial charge in [-0.15, -0.1) is 0 Å². The zero-order valence-corrected chi connectivity index (χ0v) is 8.68. The van der Waals surface area contributed by atoms with Crippen LogP contribution in [-0.2, 0) is 4.79 Å². The normalized spacial score (nSPS) is 34.3. The van der Waals surface area contributed by atoms with Gasteiger partial charge in [0.2, 0.25) is 0 Å². The SMILES string of the molecule is CC1CN(C2(C)CCC2)CCC1=O. The van der Waals surface area contributed by atoms with E-state index in [1.165, 1.54) is 19.3 Å². The maximum Gasteiger partial charge on any atom is 0.138 e. The highest BCUT2D eigenvalue weighted by Gasteiger charge is 2.40. The number of hydrogen-bond acceptors (Lipinski definition) is 2. The predicted octanol–water partition coefficient (Wildman–Crippen LogP) is 1.84. The molecule has 0 aromatic carbocycles. The Morgan fingerprint density at radius 3 is 2.62 bits per heavy atom. The highest BCUT2D eigenvalue weighted by atomic mass is 16.1. The molecule has 2 heteroatoms. The average molecular weight is 181 g/mol. The van der Waals surface area contributed by atoms with Crippen molar-refractivity contribution in [3.8, 4) is 0 Å². The third kappa shape index (κ3) is 1.52. The van der Waals surface area contributed by atoms with Crippen LogP contribution in [0.4, 0.5) is 0 Å². The third-order valence-corrected chi connectivity index (χ3v) is 3.87. The molecule has 1 atom stereocenters. The van der Waals surface area contributed by atoms with Crippen molar-refractivity contribution >= 4 is 5.78 Å². The Kier molecular flexibility index (Phi) is 2.18. The lowest BCUT2D eigenvalue weighted by Crippen LogP contribution is -2.56. The fraction of sp³-hybridized carbons (Fsp3) is 0.909. The minimum absolute atomic E-state index is 0.270. The van der Waals surface area contributed by atoms with Crippen molar-refractivity contribution in [1.82, 2.24) is 4.90 Å². The summed E-state index contributed by atoms with van der Waals surface area (Å²) in [5, 5.41) is 0. The third-order valence-electron chi connectivity index (χ3n) is 3.87. The lowest BCUT2D eigenvalue weighted by molar-refractivity contribution is -0.128. The standard InChI is InChI=1S/C11H19NO/c1-9-8-12(7-4-10(9)13)11(2)5-3-6-11/h9H,3-8H2,1-2H3. The monoisotopic (exact) mass is 181 g/mol. The number of ketones is 1. The summed E-state index contributed by atoms with van der Waals surface area (Å²) >= 11 is 0. The summed E-state index contributed by atoms with van der Waals surface area (Å²) < 4.78 is 0. The summed E-state index contributed by atoms with van der Waals surface area (Å²) in [5.41, 5.74) is 0.439. The van der Waals surface area contributed by atoms with Gasteiger partial charge in [-0.3, -0.25) is 9.69 Å². The molecule has 13 heavy (non-hydrogen) atoms. The van der Waals surface area contributed by atoms with Crippen LogP contribution in [0.5, 0.6) is 0 Å². The van der Waals surface area contributed by atoms with Crippen molar-refractivity contribution in [2.75, 3.05) is 13.1 Å². The molecule has 2 rings (SSSR count). The summed E-state index contributed by atoms with van der Waals surface area (Å²) in [6, 6.07) is 0. The van der Waals surface area contributed by atoms with Gasteiger partial charge in [-0.25, -0.2) is 0 Å². The number of likely N-dealkylation sites (tertiary alicyclic amines) is 1. The number of rotatable bonds is 1. The molecule has 2 nitrogen and oxygen atoms in total. The maximum absolute atomic E-state index is 11.3. The van der Waals surface area contributed by atoms with Crippen LogP contribution < -0.4 is 0 Å². The molecule has 1 saturated heterocycles. The highest BCUT2D eigenvalue weighted by Crippen LogP contribution is 2.38. The van der Waals surface area contributed by atoms with Crippen molar-refractivity contribution < 1.29 is 4.79 Å². The molecule has 0 bridgehead atoms. The second-order valence-electron chi connectivity index (χ2n) is 4.91. The van der Waals surface area contributed by atoms with Gasteiger partial charge in [0.05, 0.1) is 0 Å². The minimum atomic E-state index is 0.270. The van der Waals surface area contributed by atoms with E-state index in [9.17, 15) is 4.79 Å². The van der Waals surface area contributed by atoms with Gasteiger partial charge in [-0.05, 0) is 26.2 Å². The van der Waals surface area contributed by atoms with Gasteiger partial charge in [0.1, 0.15) is 5.78 Å². The Balaban J connectivity index is 1.98. The number of hydrogen-bond donors (Lipinski definition) is 0.